The SMILES string of the molecule is CN(C)C(=N)/C=C(\N)Nc1ccc(Cl)c(Cl)c1. The first-order valence-electron chi connectivity index (χ1n) is 4.85. The van der Waals surface area contributed by atoms with E-state index in [9.17, 15) is 0 Å². The molecular formula is C11H14Cl2N4. The first-order valence-corrected chi connectivity index (χ1v) is 5.61. The topological polar surface area (TPSA) is 65.1 Å². The number of nitrogens with one attached hydrogen (secondary N) is 2. The summed E-state index contributed by atoms with van der Waals surface area (Å²) in [5, 5.41) is 11.5. The highest BCUT2D eigenvalue weighted by Crippen LogP contribution is 2.25. The van der Waals surface area contributed by atoms with Gasteiger partial charge in [0.1, 0.15) is 11.7 Å². The normalized spacial score (nSPS) is 11.2. The largest absolute Gasteiger partial charge is 0.385 e. The summed E-state index contributed by atoms with van der Waals surface area (Å²) in [4.78, 5) is 1.64. The fraction of sp³-hybridized carbons (Fsp3) is 0.182. The van der Waals surface area contributed by atoms with E-state index in [-0.39, 0.29) is 0 Å². The lowest BCUT2D eigenvalue weighted by Gasteiger charge is -2.12. The van der Waals surface area contributed by atoms with Gasteiger partial charge in [0.05, 0.1) is 10.0 Å². The molecule has 0 atom stereocenters. The number of nitrogens with zero attached hydrogens (tertiary/aromatic N) is 1. The maximum atomic E-state index is 7.60. The van der Waals surface area contributed by atoms with Crippen LogP contribution in [0.4, 0.5) is 5.69 Å². The van der Waals surface area contributed by atoms with Gasteiger partial charge in [0, 0.05) is 25.9 Å². The predicted octanol–water partition coefficient (Wildman–Crippen LogP) is 2.74. The quantitative estimate of drug-likeness (QED) is 0.586. The third-order valence-corrected chi connectivity index (χ3v) is 2.72. The summed E-state index contributed by atoms with van der Waals surface area (Å²) in [5.74, 6) is 0.664. The van der Waals surface area contributed by atoms with Crippen molar-refractivity contribution in [2.45, 2.75) is 0 Å². The lowest BCUT2D eigenvalue weighted by molar-refractivity contribution is 0.621. The molecule has 0 spiro atoms. The Morgan fingerprint density at radius 1 is 1.35 bits per heavy atom. The van der Waals surface area contributed by atoms with Crippen molar-refractivity contribution < 1.29 is 0 Å². The molecule has 0 heterocycles. The highest BCUT2D eigenvalue weighted by molar-refractivity contribution is 6.42. The number of halogens is 2. The average Bonchev–Trinajstić information content (AvgIpc) is 2.23. The van der Waals surface area contributed by atoms with E-state index in [0.717, 1.165) is 5.69 Å². The van der Waals surface area contributed by atoms with Gasteiger partial charge in [-0.05, 0) is 18.2 Å². The van der Waals surface area contributed by atoms with Crippen molar-refractivity contribution >= 4 is 34.7 Å². The molecule has 0 saturated carbocycles. The molecule has 1 aromatic carbocycles. The number of nitrogens with two attached hydrogens (primary N) is 1. The van der Waals surface area contributed by atoms with E-state index in [1.807, 2.05) is 0 Å². The number of benzene rings is 1. The van der Waals surface area contributed by atoms with E-state index in [1.165, 1.54) is 6.08 Å². The third-order valence-electron chi connectivity index (χ3n) is 1.98. The molecule has 0 fully saturated rings. The molecule has 0 amide bonds. The van der Waals surface area contributed by atoms with Crippen LogP contribution in [0.15, 0.2) is 30.1 Å². The van der Waals surface area contributed by atoms with Crippen LogP contribution in [-0.4, -0.2) is 24.8 Å². The Morgan fingerprint density at radius 2 is 2.00 bits per heavy atom. The molecule has 0 aliphatic rings. The average molecular weight is 273 g/mol. The second-order valence-electron chi connectivity index (χ2n) is 3.63. The zero-order valence-corrected chi connectivity index (χ0v) is 11.1. The van der Waals surface area contributed by atoms with Crippen LogP contribution >= 0.6 is 23.2 Å². The van der Waals surface area contributed by atoms with Gasteiger partial charge in [0.15, 0.2) is 0 Å². The van der Waals surface area contributed by atoms with Gasteiger partial charge in [-0.2, -0.15) is 0 Å². The van der Waals surface area contributed by atoms with Gasteiger partial charge in [0.2, 0.25) is 0 Å². The molecule has 0 aliphatic carbocycles. The Balaban J connectivity index is 2.77. The number of anilines is 1. The second kappa shape index (κ2) is 5.80. The van der Waals surface area contributed by atoms with E-state index in [2.05, 4.69) is 5.32 Å². The van der Waals surface area contributed by atoms with Crippen LogP contribution in [0.3, 0.4) is 0 Å². The monoisotopic (exact) mass is 272 g/mol. The van der Waals surface area contributed by atoms with Crippen molar-refractivity contribution in [2.75, 3.05) is 19.4 Å². The maximum absolute atomic E-state index is 7.60. The van der Waals surface area contributed by atoms with Crippen LogP contribution in [0.5, 0.6) is 0 Å². The first-order chi connectivity index (χ1) is 7.90. The summed E-state index contributed by atoms with van der Waals surface area (Å²) >= 11 is 11.7. The molecule has 0 unspecified atom stereocenters. The van der Waals surface area contributed by atoms with Crippen LogP contribution in [0.2, 0.25) is 10.0 Å². The van der Waals surface area contributed by atoms with Crippen LogP contribution in [-0.2, 0) is 0 Å². The Bertz CT molecular complexity index is 455. The van der Waals surface area contributed by atoms with Crippen molar-refractivity contribution in [1.82, 2.24) is 4.90 Å². The van der Waals surface area contributed by atoms with Crippen LogP contribution < -0.4 is 11.1 Å². The summed E-state index contributed by atoms with van der Waals surface area (Å²) in [7, 11) is 3.54. The fourth-order valence-electron chi connectivity index (χ4n) is 1.05. The molecule has 0 saturated heterocycles. The molecule has 4 nitrogen and oxygen atoms in total. The van der Waals surface area contributed by atoms with Crippen molar-refractivity contribution in [3.05, 3.63) is 40.1 Å². The van der Waals surface area contributed by atoms with E-state index in [4.69, 9.17) is 34.3 Å². The molecule has 1 aromatic rings. The van der Waals surface area contributed by atoms with Crippen molar-refractivity contribution in [1.29, 1.82) is 5.41 Å². The van der Waals surface area contributed by atoms with Crippen LogP contribution in [0.25, 0.3) is 0 Å². The Hall–Kier alpha value is -1.39. The van der Waals surface area contributed by atoms with Gasteiger partial charge >= 0.3 is 0 Å². The number of rotatable bonds is 3. The highest BCUT2D eigenvalue weighted by atomic mass is 35.5. The fourth-order valence-corrected chi connectivity index (χ4v) is 1.35. The summed E-state index contributed by atoms with van der Waals surface area (Å²) in [6, 6.07) is 5.11. The van der Waals surface area contributed by atoms with Crippen LogP contribution in [0, 0.1) is 5.41 Å². The first kappa shape index (κ1) is 13.7. The van der Waals surface area contributed by atoms with E-state index in [1.54, 1.807) is 37.2 Å². The van der Waals surface area contributed by atoms with E-state index in [0.29, 0.717) is 21.7 Å². The molecule has 4 N–H and O–H groups in total. The molecular weight excluding hydrogens is 259 g/mol. The third kappa shape index (κ3) is 4.17. The van der Waals surface area contributed by atoms with Gasteiger partial charge in [-0.3, -0.25) is 5.41 Å². The molecule has 0 bridgehead atoms. The lowest BCUT2D eigenvalue weighted by atomic mass is 10.3. The molecule has 0 aromatic heterocycles. The van der Waals surface area contributed by atoms with Gasteiger partial charge < -0.3 is 16.0 Å². The van der Waals surface area contributed by atoms with Crippen molar-refractivity contribution in [2.24, 2.45) is 5.73 Å². The standard InChI is InChI=1S/C11H14Cl2N4/c1-17(2)11(15)6-10(14)16-7-3-4-8(12)9(13)5-7/h3-6,15-16H,14H2,1-2H3/b10-6+,15-11?. The smallest absolute Gasteiger partial charge is 0.123 e. The van der Waals surface area contributed by atoms with E-state index < -0.39 is 0 Å². The second-order valence-corrected chi connectivity index (χ2v) is 4.45. The summed E-state index contributed by atoms with van der Waals surface area (Å²) in [6.45, 7) is 0. The predicted molar refractivity (Wildman–Crippen MR) is 73.8 cm³/mol. The zero-order chi connectivity index (χ0) is 13.0. The molecule has 6 heteroatoms. The molecule has 92 valence electrons. The van der Waals surface area contributed by atoms with E-state index >= 15 is 0 Å². The Labute approximate surface area is 111 Å². The minimum absolute atomic E-state index is 0.301. The number of hydrogen-bond donors (Lipinski definition) is 3. The highest BCUT2D eigenvalue weighted by Gasteiger charge is 2.01. The summed E-state index contributed by atoms with van der Waals surface area (Å²) < 4.78 is 0. The molecule has 0 aliphatic heterocycles. The lowest BCUT2D eigenvalue weighted by Crippen LogP contribution is -2.21. The number of likely N-dealkylation sites (N-methyl/N-ethyl adjacent to an activating group) is 1. The van der Waals surface area contributed by atoms with Crippen LogP contribution in [0.1, 0.15) is 0 Å². The zero-order valence-electron chi connectivity index (χ0n) is 9.59. The maximum Gasteiger partial charge on any atom is 0.123 e. The summed E-state index contributed by atoms with van der Waals surface area (Å²) in [6.07, 6.45) is 1.52. The molecule has 0 radical (unpaired) electrons. The molecule has 17 heavy (non-hydrogen) atoms. The van der Waals surface area contributed by atoms with Gasteiger partial charge in [-0.1, -0.05) is 23.2 Å². The van der Waals surface area contributed by atoms with Gasteiger partial charge in [0.25, 0.3) is 0 Å². The Morgan fingerprint density at radius 3 is 2.53 bits per heavy atom. The summed E-state index contributed by atoms with van der Waals surface area (Å²) in [5.41, 5.74) is 6.46. The number of hydrogen-bond acceptors (Lipinski definition) is 3. The minimum Gasteiger partial charge on any atom is -0.385 e. The minimum atomic E-state index is 0.301. The van der Waals surface area contributed by atoms with Gasteiger partial charge in [-0.25, -0.2) is 0 Å². The number of amidine groups is 1. The van der Waals surface area contributed by atoms with Gasteiger partial charge in [-0.15, -0.1) is 0 Å². The van der Waals surface area contributed by atoms with Crippen molar-refractivity contribution in [3.63, 3.8) is 0 Å². The van der Waals surface area contributed by atoms with Crippen molar-refractivity contribution in [3.8, 4) is 0 Å². The Kier molecular flexibility index (Phi) is 4.66. The molecule has 1 rings (SSSR count).